The van der Waals surface area contributed by atoms with E-state index >= 15 is 0 Å². The van der Waals surface area contributed by atoms with Gasteiger partial charge >= 0.3 is 6.18 Å². The Morgan fingerprint density at radius 2 is 1.52 bits per heavy atom. The summed E-state index contributed by atoms with van der Waals surface area (Å²) in [6, 6.07) is 14.7. The van der Waals surface area contributed by atoms with Gasteiger partial charge in [-0.05, 0) is 24.1 Å². The number of benzene rings is 2. The summed E-state index contributed by atoms with van der Waals surface area (Å²) in [7, 11) is -3.80. The Morgan fingerprint density at radius 1 is 0.960 bits per heavy atom. The summed E-state index contributed by atoms with van der Waals surface area (Å²) in [6.07, 6.45) is -4.90. The Kier molecular flexibility index (Phi) is 4.88. The van der Waals surface area contributed by atoms with Crippen molar-refractivity contribution >= 4 is 9.84 Å². The number of hydrogen-bond donors (Lipinski definition) is 0. The summed E-state index contributed by atoms with van der Waals surface area (Å²) in [4.78, 5) is 1.29. The molecule has 2 atom stereocenters. The van der Waals surface area contributed by atoms with Crippen LogP contribution in [0.5, 0.6) is 0 Å². The van der Waals surface area contributed by atoms with Crippen LogP contribution in [0.3, 0.4) is 0 Å². The molecule has 3 nitrogen and oxygen atoms in total. The molecule has 0 unspecified atom stereocenters. The van der Waals surface area contributed by atoms with Gasteiger partial charge in [-0.15, -0.1) is 0 Å². The van der Waals surface area contributed by atoms with Crippen molar-refractivity contribution in [2.75, 3.05) is 6.54 Å². The van der Waals surface area contributed by atoms with Crippen LogP contribution in [0.15, 0.2) is 65.6 Å². The van der Waals surface area contributed by atoms with E-state index in [0.717, 1.165) is 5.56 Å². The molecular formula is C18H18F3NO2S. The molecule has 0 aromatic heterocycles. The van der Waals surface area contributed by atoms with Crippen molar-refractivity contribution < 1.29 is 21.6 Å². The molecule has 0 spiro atoms. The largest absolute Gasteiger partial charge is 0.404 e. The molecule has 2 aromatic rings. The minimum atomic E-state index is -4.46. The fourth-order valence-corrected chi connectivity index (χ4v) is 4.97. The van der Waals surface area contributed by atoms with Crippen molar-refractivity contribution in [2.45, 2.75) is 35.3 Å². The quantitative estimate of drug-likeness (QED) is 0.825. The minimum Gasteiger partial charge on any atom is -0.287 e. The molecule has 0 N–H and O–H groups in total. The Balaban J connectivity index is 1.87. The predicted octanol–water partition coefficient (Wildman–Crippen LogP) is 3.67. The number of likely N-dealkylation sites (tertiary alicyclic amines) is 1. The number of sulfone groups is 1. The highest BCUT2D eigenvalue weighted by Gasteiger charge is 2.52. The van der Waals surface area contributed by atoms with Gasteiger partial charge in [0.2, 0.25) is 0 Å². The van der Waals surface area contributed by atoms with Crippen LogP contribution in [0.4, 0.5) is 13.2 Å². The minimum absolute atomic E-state index is 0.0717. The molecule has 0 saturated carbocycles. The number of alkyl halides is 3. The van der Waals surface area contributed by atoms with Crippen LogP contribution in [-0.2, 0) is 16.4 Å². The number of nitrogens with zero attached hydrogens (tertiary/aromatic N) is 1. The first-order chi connectivity index (χ1) is 11.8. The molecule has 1 saturated heterocycles. The van der Waals surface area contributed by atoms with Gasteiger partial charge in [-0.25, -0.2) is 8.42 Å². The fourth-order valence-electron chi connectivity index (χ4n) is 3.22. The lowest BCUT2D eigenvalue weighted by Crippen LogP contribution is -2.40. The Bertz CT molecular complexity index is 807. The molecule has 25 heavy (non-hydrogen) atoms. The zero-order valence-corrected chi connectivity index (χ0v) is 14.2. The topological polar surface area (TPSA) is 37.4 Å². The van der Waals surface area contributed by atoms with Gasteiger partial charge in [0.25, 0.3) is 0 Å². The highest BCUT2D eigenvalue weighted by molar-refractivity contribution is 7.92. The lowest BCUT2D eigenvalue weighted by molar-refractivity contribution is -0.177. The van der Waals surface area contributed by atoms with Crippen LogP contribution >= 0.6 is 0 Å². The molecule has 2 aromatic carbocycles. The third kappa shape index (κ3) is 3.88. The Hall–Kier alpha value is -1.86. The molecule has 1 aliphatic rings. The Morgan fingerprint density at radius 3 is 2.08 bits per heavy atom. The second-order valence-electron chi connectivity index (χ2n) is 6.19. The van der Waals surface area contributed by atoms with Crippen molar-refractivity contribution in [3.05, 3.63) is 66.2 Å². The molecule has 0 bridgehead atoms. The van der Waals surface area contributed by atoms with E-state index in [4.69, 9.17) is 0 Å². The third-order valence-electron chi connectivity index (χ3n) is 4.48. The first-order valence-electron chi connectivity index (χ1n) is 7.92. The summed E-state index contributed by atoms with van der Waals surface area (Å²) >= 11 is 0. The zero-order chi connectivity index (χ0) is 18.1. The maximum absolute atomic E-state index is 13.4. The fraction of sp³-hybridized carbons (Fsp3) is 0.333. The van der Waals surface area contributed by atoms with Crippen LogP contribution in [0.2, 0.25) is 0 Å². The van der Waals surface area contributed by atoms with Gasteiger partial charge in [0.05, 0.1) is 10.1 Å². The average Bonchev–Trinajstić information content (AvgIpc) is 3.01. The second kappa shape index (κ2) is 6.80. The molecular weight excluding hydrogens is 351 g/mol. The van der Waals surface area contributed by atoms with E-state index in [0.29, 0.717) is 0 Å². The summed E-state index contributed by atoms with van der Waals surface area (Å²) in [5.74, 6) is 0. The van der Waals surface area contributed by atoms with E-state index in [2.05, 4.69) is 0 Å². The van der Waals surface area contributed by atoms with Crippen LogP contribution in [0.25, 0.3) is 0 Å². The summed E-state index contributed by atoms with van der Waals surface area (Å²) in [5.41, 5.74) is 0.731. The average molecular weight is 369 g/mol. The van der Waals surface area contributed by atoms with Crippen molar-refractivity contribution in [2.24, 2.45) is 0 Å². The van der Waals surface area contributed by atoms with E-state index in [1.807, 2.05) is 0 Å². The molecule has 0 amide bonds. The molecule has 3 rings (SSSR count). The smallest absolute Gasteiger partial charge is 0.287 e. The van der Waals surface area contributed by atoms with Gasteiger partial charge in [0.1, 0.15) is 6.04 Å². The van der Waals surface area contributed by atoms with Crippen molar-refractivity contribution in [1.29, 1.82) is 0 Å². The molecule has 7 heteroatoms. The van der Waals surface area contributed by atoms with Crippen molar-refractivity contribution in [1.82, 2.24) is 4.90 Å². The monoisotopic (exact) mass is 369 g/mol. The van der Waals surface area contributed by atoms with Gasteiger partial charge in [-0.2, -0.15) is 13.2 Å². The maximum Gasteiger partial charge on any atom is 0.404 e. The molecule has 1 fully saturated rings. The first kappa shape index (κ1) is 17.9. The van der Waals surface area contributed by atoms with Gasteiger partial charge in [-0.1, -0.05) is 48.5 Å². The normalized spacial score (nSPS) is 22.2. The summed E-state index contributed by atoms with van der Waals surface area (Å²) in [5, 5.41) is -1.06. The van der Waals surface area contributed by atoms with E-state index in [1.165, 1.54) is 17.0 Å². The summed E-state index contributed by atoms with van der Waals surface area (Å²) < 4.78 is 65.7. The standard InChI is InChI=1S/C18H18F3NO2S/c19-18(20,21)17-11-16(25(23,24)15-9-5-2-6-10-15)13-22(17)12-14-7-3-1-4-8-14/h1-10,16-17H,11-13H2/t16-,17+/m1/s1. The van der Waals surface area contributed by atoms with Gasteiger partial charge < -0.3 is 0 Å². The number of hydrogen-bond acceptors (Lipinski definition) is 3. The molecule has 1 heterocycles. The zero-order valence-electron chi connectivity index (χ0n) is 13.4. The summed E-state index contributed by atoms with van der Waals surface area (Å²) in [6.45, 7) is -0.0534. The van der Waals surface area contributed by atoms with E-state index in [9.17, 15) is 21.6 Å². The highest BCUT2D eigenvalue weighted by Crippen LogP contribution is 2.37. The molecule has 0 radical (unpaired) electrons. The Labute approximate surface area is 145 Å². The van der Waals surface area contributed by atoms with Gasteiger partial charge in [0, 0.05) is 13.1 Å². The highest BCUT2D eigenvalue weighted by atomic mass is 32.2. The van der Waals surface area contributed by atoms with E-state index in [-0.39, 0.29) is 18.0 Å². The van der Waals surface area contributed by atoms with Gasteiger partial charge in [0.15, 0.2) is 9.84 Å². The van der Waals surface area contributed by atoms with E-state index in [1.54, 1.807) is 48.5 Å². The number of halogens is 3. The van der Waals surface area contributed by atoms with Gasteiger partial charge in [-0.3, -0.25) is 4.90 Å². The maximum atomic E-state index is 13.4. The first-order valence-corrected chi connectivity index (χ1v) is 9.47. The van der Waals surface area contributed by atoms with Crippen molar-refractivity contribution in [3.8, 4) is 0 Å². The van der Waals surface area contributed by atoms with Crippen LogP contribution in [0.1, 0.15) is 12.0 Å². The number of rotatable bonds is 4. The molecule has 1 aliphatic heterocycles. The van der Waals surface area contributed by atoms with Crippen LogP contribution in [0, 0.1) is 0 Å². The van der Waals surface area contributed by atoms with Crippen molar-refractivity contribution in [3.63, 3.8) is 0 Å². The third-order valence-corrected chi connectivity index (χ3v) is 6.63. The SMILES string of the molecule is O=S(=O)(c1ccccc1)[C@@H]1C[C@@H](C(F)(F)F)N(Cc2ccccc2)C1. The van der Waals surface area contributed by atoms with Crippen LogP contribution in [-0.4, -0.2) is 37.3 Å². The van der Waals surface area contributed by atoms with Crippen LogP contribution < -0.4 is 0 Å². The second-order valence-corrected chi connectivity index (χ2v) is 8.42. The molecule has 134 valence electrons. The lowest BCUT2D eigenvalue weighted by atomic mass is 10.2. The molecule has 0 aliphatic carbocycles. The lowest BCUT2D eigenvalue weighted by Gasteiger charge is -2.26. The predicted molar refractivity (Wildman–Crippen MR) is 88.7 cm³/mol. The van der Waals surface area contributed by atoms with E-state index < -0.39 is 33.7 Å².